The number of aromatic nitrogens is 3. The van der Waals surface area contributed by atoms with Crippen LogP contribution in [0.5, 0.6) is 0 Å². The molecule has 1 aliphatic carbocycles. The highest BCUT2D eigenvalue weighted by molar-refractivity contribution is 4.99. The van der Waals surface area contributed by atoms with Crippen LogP contribution in [0.15, 0.2) is 0 Å². The first-order valence-corrected chi connectivity index (χ1v) is 6.35. The van der Waals surface area contributed by atoms with Crippen molar-refractivity contribution in [3.63, 3.8) is 0 Å². The predicted octanol–water partition coefficient (Wildman–Crippen LogP) is 2.37. The summed E-state index contributed by atoms with van der Waals surface area (Å²) in [7, 11) is 0. The average Bonchev–Trinajstić information content (AvgIpc) is 2.79. The van der Waals surface area contributed by atoms with Crippen molar-refractivity contribution in [1.29, 1.82) is 0 Å². The fraction of sp³-hybridized carbons (Fsp3) is 0.833. The molecule has 4 heteroatoms. The Morgan fingerprint density at radius 2 is 2.06 bits per heavy atom. The summed E-state index contributed by atoms with van der Waals surface area (Å²) >= 11 is 0. The summed E-state index contributed by atoms with van der Waals surface area (Å²) in [4.78, 5) is 4.31. The highest BCUT2D eigenvalue weighted by atomic mass is 16.3. The lowest BCUT2D eigenvalue weighted by atomic mass is 9.80. The number of H-pyrrole nitrogens is 1. The third kappa shape index (κ3) is 2.61. The molecule has 90 valence electrons. The number of rotatable bonds is 4. The maximum atomic E-state index is 8.93. The van der Waals surface area contributed by atoms with Crippen molar-refractivity contribution in [2.75, 3.05) is 0 Å². The molecule has 16 heavy (non-hydrogen) atoms. The predicted molar refractivity (Wildman–Crippen MR) is 61.9 cm³/mol. The van der Waals surface area contributed by atoms with Crippen LogP contribution < -0.4 is 0 Å². The van der Waals surface area contributed by atoms with Gasteiger partial charge in [0.25, 0.3) is 0 Å². The van der Waals surface area contributed by atoms with Crippen LogP contribution in [0.4, 0.5) is 0 Å². The van der Waals surface area contributed by atoms with Gasteiger partial charge in [-0.1, -0.05) is 19.8 Å². The van der Waals surface area contributed by atoms with Crippen LogP contribution in [0.3, 0.4) is 0 Å². The zero-order valence-corrected chi connectivity index (χ0v) is 9.95. The number of hydrogen-bond donors (Lipinski definition) is 2. The van der Waals surface area contributed by atoms with Crippen LogP contribution in [0.2, 0.25) is 0 Å². The second-order valence-corrected chi connectivity index (χ2v) is 4.80. The molecule has 1 aromatic heterocycles. The van der Waals surface area contributed by atoms with E-state index >= 15 is 0 Å². The Kier molecular flexibility index (Phi) is 3.93. The van der Waals surface area contributed by atoms with Crippen molar-refractivity contribution in [3.05, 3.63) is 11.6 Å². The average molecular weight is 223 g/mol. The van der Waals surface area contributed by atoms with Crippen LogP contribution in [-0.4, -0.2) is 20.3 Å². The van der Waals surface area contributed by atoms with E-state index in [0.717, 1.165) is 11.7 Å². The first kappa shape index (κ1) is 11.6. The summed E-state index contributed by atoms with van der Waals surface area (Å²) in [6.45, 7) is 2.22. The lowest BCUT2D eigenvalue weighted by Gasteiger charge is -2.26. The molecule has 1 fully saturated rings. The Bertz CT molecular complexity index is 316. The normalized spacial score (nSPS) is 25.9. The Hall–Kier alpha value is -0.900. The lowest BCUT2D eigenvalue weighted by Crippen LogP contribution is -2.14. The third-order valence-electron chi connectivity index (χ3n) is 3.61. The maximum absolute atomic E-state index is 8.93. The van der Waals surface area contributed by atoms with Gasteiger partial charge in [-0.3, -0.25) is 5.10 Å². The Labute approximate surface area is 96.5 Å². The van der Waals surface area contributed by atoms with Gasteiger partial charge in [0.15, 0.2) is 5.82 Å². The quantitative estimate of drug-likeness (QED) is 0.823. The molecule has 4 nitrogen and oxygen atoms in total. The summed E-state index contributed by atoms with van der Waals surface area (Å²) in [5.74, 6) is 2.91. The van der Waals surface area contributed by atoms with E-state index in [0.29, 0.717) is 11.7 Å². The summed E-state index contributed by atoms with van der Waals surface area (Å²) in [6, 6.07) is 0. The minimum absolute atomic E-state index is 0.0435. The molecule has 2 rings (SSSR count). The van der Waals surface area contributed by atoms with Crippen LogP contribution in [0, 0.1) is 5.92 Å². The molecular formula is C12H21N3O. The maximum Gasteiger partial charge on any atom is 0.153 e. The highest BCUT2D eigenvalue weighted by Crippen LogP contribution is 2.35. The minimum atomic E-state index is -0.0435. The topological polar surface area (TPSA) is 61.8 Å². The van der Waals surface area contributed by atoms with Gasteiger partial charge in [-0.25, -0.2) is 4.98 Å². The largest absolute Gasteiger partial charge is 0.388 e. The van der Waals surface area contributed by atoms with Gasteiger partial charge >= 0.3 is 0 Å². The van der Waals surface area contributed by atoms with Crippen molar-refractivity contribution >= 4 is 0 Å². The smallest absolute Gasteiger partial charge is 0.153 e. The van der Waals surface area contributed by atoms with Crippen LogP contribution in [0.25, 0.3) is 0 Å². The van der Waals surface area contributed by atoms with E-state index in [1.807, 2.05) is 0 Å². The molecule has 0 spiro atoms. The minimum Gasteiger partial charge on any atom is -0.388 e. The molecule has 0 aromatic carbocycles. The van der Waals surface area contributed by atoms with Gasteiger partial charge in [-0.15, -0.1) is 0 Å². The molecule has 0 atom stereocenters. The van der Waals surface area contributed by atoms with E-state index < -0.39 is 0 Å². The Morgan fingerprint density at radius 1 is 1.31 bits per heavy atom. The second kappa shape index (κ2) is 5.43. The zero-order valence-electron chi connectivity index (χ0n) is 9.95. The van der Waals surface area contributed by atoms with Crippen LogP contribution in [0.1, 0.15) is 63.0 Å². The van der Waals surface area contributed by atoms with Crippen molar-refractivity contribution in [2.24, 2.45) is 5.92 Å². The van der Waals surface area contributed by atoms with Crippen LogP contribution in [-0.2, 0) is 6.61 Å². The number of aromatic amines is 1. The van der Waals surface area contributed by atoms with Gasteiger partial charge in [0.2, 0.25) is 0 Å². The number of aliphatic hydroxyl groups excluding tert-OH is 1. The Balaban J connectivity index is 1.88. The molecule has 0 unspecified atom stereocenters. The number of aliphatic hydroxyl groups is 1. The molecule has 0 bridgehead atoms. The fourth-order valence-corrected chi connectivity index (χ4v) is 2.68. The van der Waals surface area contributed by atoms with Gasteiger partial charge in [0.1, 0.15) is 12.4 Å². The molecule has 0 aliphatic heterocycles. The van der Waals surface area contributed by atoms with E-state index in [9.17, 15) is 0 Å². The van der Waals surface area contributed by atoms with E-state index in [4.69, 9.17) is 5.11 Å². The second-order valence-electron chi connectivity index (χ2n) is 4.80. The number of nitrogens with zero attached hydrogens (tertiary/aromatic N) is 2. The van der Waals surface area contributed by atoms with Gasteiger partial charge in [-0.05, 0) is 31.6 Å². The van der Waals surface area contributed by atoms with Gasteiger partial charge < -0.3 is 5.11 Å². The van der Waals surface area contributed by atoms with Crippen LogP contribution >= 0.6 is 0 Å². The first-order valence-electron chi connectivity index (χ1n) is 6.35. The van der Waals surface area contributed by atoms with Gasteiger partial charge in [-0.2, -0.15) is 5.10 Å². The molecule has 0 amide bonds. The van der Waals surface area contributed by atoms with Gasteiger partial charge in [0.05, 0.1) is 0 Å². The number of hydrogen-bond acceptors (Lipinski definition) is 3. The molecule has 0 radical (unpaired) electrons. The summed E-state index contributed by atoms with van der Waals surface area (Å²) in [5.41, 5.74) is 0. The summed E-state index contributed by atoms with van der Waals surface area (Å²) in [5, 5.41) is 15.9. The highest BCUT2D eigenvalue weighted by Gasteiger charge is 2.24. The molecule has 2 N–H and O–H groups in total. The van der Waals surface area contributed by atoms with E-state index in [1.54, 1.807) is 0 Å². The molecule has 1 heterocycles. The first-order chi connectivity index (χ1) is 7.83. The standard InChI is InChI=1S/C12H21N3O/c1-2-3-9-4-6-10(7-5-9)12-13-11(8-16)14-15-12/h9-10,16H,2-8H2,1H3,(H,13,14,15). The van der Waals surface area contributed by atoms with Crippen molar-refractivity contribution < 1.29 is 5.11 Å². The van der Waals surface area contributed by atoms with E-state index in [1.165, 1.54) is 38.5 Å². The van der Waals surface area contributed by atoms with Crippen molar-refractivity contribution in [1.82, 2.24) is 15.2 Å². The molecule has 0 saturated heterocycles. The van der Waals surface area contributed by atoms with Crippen molar-refractivity contribution in [3.8, 4) is 0 Å². The van der Waals surface area contributed by atoms with Crippen molar-refractivity contribution in [2.45, 2.75) is 58.0 Å². The molecule has 1 aromatic rings. The lowest BCUT2D eigenvalue weighted by molar-refractivity contribution is 0.271. The summed E-state index contributed by atoms with van der Waals surface area (Å²) in [6.07, 6.45) is 7.68. The van der Waals surface area contributed by atoms with Gasteiger partial charge in [0, 0.05) is 5.92 Å². The fourth-order valence-electron chi connectivity index (χ4n) is 2.68. The number of nitrogens with one attached hydrogen (secondary N) is 1. The summed E-state index contributed by atoms with van der Waals surface area (Å²) < 4.78 is 0. The third-order valence-corrected chi connectivity index (χ3v) is 3.61. The molecular weight excluding hydrogens is 202 g/mol. The van der Waals surface area contributed by atoms with E-state index in [-0.39, 0.29) is 6.61 Å². The van der Waals surface area contributed by atoms with E-state index in [2.05, 4.69) is 22.1 Å². The SMILES string of the molecule is CCCC1CCC(c2n[nH]c(CO)n2)CC1. The molecule has 1 aliphatic rings. The monoisotopic (exact) mass is 223 g/mol. The Morgan fingerprint density at radius 3 is 2.62 bits per heavy atom. The zero-order chi connectivity index (χ0) is 11.4. The molecule has 1 saturated carbocycles.